The molecule has 0 unspecified atom stereocenters. The molecule has 0 fully saturated rings. The Balaban J connectivity index is 3.04. The van der Waals surface area contributed by atoms with Crippen molar-refractivity contribution in [2.75, 3.05) is 0 Å². The minimum atomic E-state index is 0.156. The molecule has 0 N–H and O–H groups in total. The van der Waals surface area contributed by atoms with Crippen molar-refractivity contribution < 1.29 is 4.79 Å². The van der Waals surface area contributed by atoms with Gasteiger partial charge in [0.2, 0.25) is 0 Å². The number of Topliss-reactive ketones (excluding diaryl/α,β-unsaturated/α-hetero) is 1. The van der Waals surface area contributed by atoms with Crippen LogP contribution >= 0.6 is 0 Å². The van der Waals surface area contributed by atoms with Gasteiger partial charge in [0.25, 0.3) is 0 Å². The highest BCUT2D eigenvalue weighted by Gasteiger charge is 2.11. The van der Waals surface area contributed by atoms with E-state index < -0.39 is 0 Å². The Hall–Kier alpha value is -1.55. The average Bonchev–Trinajstić information content (AvgIpc) is 2.12. The van der Waals surface area contributed by atoms with Gasteiger partial charge in [0.1, 0.15) is 0 Å². The zero-order valence-corrected chi connectivity index (χ0v) is 9.55. The van der Waals surface area contributed by atoms with Crippen LogP contribution in [0.5, 0.6) is 0 Å². The summed E-state index contributed by atoms with van der Waals surface area (Å²) in [5, 5.41) is 0. The van der Waals surface area contributed by atoms with Gasteiger partial charge in [0.15, 0.2) is 5.78 Å². The zero-order valence-electron chi connectivity index (χ0n) is 9.55. The van der Waals surface area contributed by atoms with E-state index in [0.717, 1.165) is 16.7 Å². The Morgan fingerprint density at radius 1 is 1.27 bits per heavy atom. The van der Waals surface area contributed by atoms with E-state index in [-0.39, 0.29) is 5.78 Å². The van der Waals surface area contributed by atoms with Gasteiger partial charge in [-0.15, -0.1) is 12.3 Å². The Bertz CT molecular complexity index is 398. The molecule has 1 heteroatoms. The molecule has 0 amide bonds. The van der Waals surface area contributed by atoms with Crippen LogP contribution in [0.15, 0.2) is 12.1 Å². The van der Waals surface area contributed by atoms with Crippen LogP contribution in [-0.2, 0) is 0 Å². The van der Waals surface area contributed by atoms with E-state index in [0.29, 0.717) is 12.8 Å². The summed E-state index contributed by atoms with van der Waals surface area (Å²) in [5.74, 6) is 2.65. The molecule has 0 bridgehead atoms. The van der Waals surface area contributed by atoms with Gasteiger partial charge in [-0.1, -0.05) is 17.7 Å². The molecule has 0 saturated heterocycles. The Kier molecular flexibility index (Phi) is 3.68. The Labute approximate surface area is 91.5 Å². The van der Waals surface area contributed by atoms with Crippen LogP contribution in [0.3, 0.4) is 0 Å². The number of terminal acetylenes is 1. The van der Waals surface area contributed by atoms with Gasteiger partial charge >= 0.3 is 0 Å². The third kappa shape index (κ3) is 2.70. The second-order valence-electron chi connectivity index (χ2n) is 3.90. The van der Waals surface area contributed by atoms with Gasteiger partial charge in [-0.2, -0.15) is 0 Å². The molecule has 0 aromatic heterocycles. The van der Waals surface area contributed by atoms with Crippen LogP contribution in [0.4, 0.5) is 0 Å². The molecule has 15 heavy (non-hydrogen) atoms. The van der Waals surface area contributed by atoms with Gasteiger partial charge in [-0.05, 0) is 31.9 Å². The number of ketones is 1. The predicted molar refractivity (Wildman–Crippen MR) is 63.1 cm³/mol. The molecule has 0 heterocycles. The van der Waals surface area contributed by atoms with Crippen molar-refractivity contribution in [3.05, 3.63) is 34.4 Å². The lowest BCUT2D eigenvalue weighted by molar-refractivity contribution is 0.0983. The molecule has 1 rings (SSSR count). The molecule has 1 aromatic rings. The van der Waals surface area contributed by atoms with Crippen molar-refractivity contribution in [2.24, 2.45) is 0 Å². The van der Waals surface area contributed by atoms with E-state index in [1.807, 2.05) is 32.9 Å². The molecular weight excluding hydrogens is 184 g/mol. The van der Waals surface area contributed by atoms with Gasteiger partial charge in [0.05, 0.1) is 0 Å². The lowest BCUT2D eigenvalue weighted by Crippen LogP contribution is -2.04. The summed E-state index contributed by atoms with van der Waals surface area (Å²) in [6, 6.07) is 4.08. The van der Waals surface area contributed by atoms with E-state index in [4.69, 9.17) is 6.42 Å². The van der Waals surface area contributed by atoms with Crippen LogP contribution in [0, 0.1) is 33.1 Å². The van der Waals surface area contributed by atoms with Gasteiger partial charge in [0, 0.05) is 18.4 Å². The van der Waals surface area contributed by atoms with Crippen molar-refractivity contribution in [3.63, 3.8) is 0 Å². The molecule has 1 nitrogen and oxygen atoms in total. The first kappa shape index (κ1) is 11.5. The number of carbonyl (C=O) groups is 1. The fourth-order valence-electron chi connectivity index (χ4n) is 1.93. The molecule has 0 atom stereocenters. The van der Waals surface area contributed by atoms with Gasteiger partial charge in [-0.25, -0.2) is 0 Å². The molecule has 0 aliphatic carbocycles. The first-order chi connectivity index (χ1) is 7.06. The fourth-order valence-corrected chi connectivity index (χ4v) is 1.93. The molecule has 0 aliphatic heterocycles. The SMILES string of the molecule is C#CCCC(=O)c1c(C)cc(C)cc1C. The number of aryl methyl sites for hydroxylation is 3. The molecule has 0 aliphatic rings. The molecular formula is C14H16O. The van der Waals surface area contributed by atoms with Crippen LogP contribution in [-0.4, -0.2) is 5.78 Å². The van der Waals surface area contributed by atoms with E-state index >= 15 is 0 Å². The first-order valence-electron chi connectivity index (χ1n) is 5.10. The summed E-state index contributed by atoms with van der Waals surface area (Å²) >= 11 is 0. The van der Waals surface area contributed by atoms with E-state index in [1.54, 1.807) is 0 Å². The van der Waals surface area contributed by atoms with Crippen LogP contribution < -0.4 is 0 Å². The van der Waals surface area contributed by atoms with Gasteiger partial charge in [-0.3, -0.25) is 4.79 Å². The van der Waals surface area contributed by atoms with Crippen molar-refractivity contribution >= 4 is 5.78 Å². The van der Waals surface area contributed by atoms with Crippen molar-refractivity contribution in [2.45, 2.75) is 33.6 Å². The van der Waals surface area contributed by atoms with Crippen LogP contribution in [0.1, 0.15) is 39.9 Å². The van der Waals surface area contributed by atoms with Crippen LogP contribution in [0.25, 0.3) is 0 Å². The van der Waals surface area contributed by atoms with Crippen molar-refractivity contribution in [1.82, 2.24) is 0 Å². The highest BCUT2D eigenvalue weighted by molar-refractivity contribution is 5.99. The maximum atomic E-state index is 11.9. The largest absolute Gasteiger partial charge is 0.294 e. The third-order valence-electron chi connectivity index (χ3n) is 2.45. The molecule has 0 spiro atoms. The van der Waals surface area contributed by atoms with Crippen LogP contribution in [0.2, 0.25) is 0 Å². The fraction of sp³-hybridized carbons (Fsp3) is 0.357. The predicted octanol–water partition coefficient (Wildman–Crippen LogP) is 3.21. The second-order valence-corrected chi connectivity index (χ2v) is 3.90. The summed E-state index contributed by atoms with van der Waals surface area (Å²) in [5.41, 5.74) is 4.14. The Morgan fingerprint density at radius 3 is 2.27 bits per heavy atom. The maximum absolute atomic E-state index is 11.9. The number of carbonyl (C=O) groups excluding carboxylic acids is 1. The van der Waals surface area contributed by atoms with E-state index in [1.165, 1.54) is 5.56 Å². The number of hydrogen-bond donors (Lipinski definition) is 0. The molecule has 0 saturated carbocycles. The average molecular weight is 200 g/mol. The summed E-state index contributed by atoms with van der Waals surface area (Å²) < 4.78 is 0. The van der Waals surface area contributed by atoms with E-state index in [9.17, 15) is 4.79 Å². The minimum absolute atomic E-state index is 0.156. The lowest BCUT2D eigenvalue weighted by atomic mass is 9.95. The quantitative estimate of drug-likeness (QED) is 0.541. The molecule has 1 aromatic carbocycles. The van der Waals surface area contributed by atoms with Crippen molar-refractivity contribution in [1.29, 1.82) is 0 Å². The number of rotatable bonds is 3. The van der Waals surface area contributed by atoms with Gasteiger partial charge < -0.3 is 0 Å². The van der Waals surface area contributed by atoms with E-state index in [2.05, 4.69) is 5.92 Å². The highest BCUT2D eigenvalue weighted by atomic mass is 16.1. The number of hydrogen-bond acceptors (Lipinski definition) is 1. The smallest absolute Gasteiger partial charge is 0.164 e. The molecule has 78 valence electrons. The monoisotopic (exact) mass is 200 g/mol. The summed E-state index contributed by atoms with van der Waals surface area (Å²) in [7, 11) is 0. The summed E-state index contributed by atoms with van der Waals surface area (Å²) in [4.78, 5) is 11.9. The summed E-state index contributed by atoms with van der Waals surface area (Å²) in [6.07, 6.45) is 6.12. The maximum Gasteiger partial charge on any atom is 0.164 e. The zero-order chi connectivity index (χ0) is 11.4. The topological polar surface area (TPSA) is 17.1 Å². The second kappa shape index (κ2) is 4.79. The third-order valence-corrected chi connectivity index (χ3v) is 2.45. The Morgan fingerprint density at radius 2 is 1.80 bits per heavy atom. The number of benzene rings is 1. The lowest BCUT2D eigenvalue weighted by Gasteiger charge is -2.09. The highest BCUT2D eigenvalue weighted by Crippen LogP contribution is 2.18. The normalized spacial score (nSPS) is 9.73. The summed E-state index contributed by atoms with van der Waals surface area (Å²) in [6.45, 7) is 5.99. The minimum Gasteiger partial charge on any atom is -0.294 e. The first-order valence-corrected chi connectivity index (χ1v) is 5.10. The molecule has 0 radical (unpaired) electrons. The van der Waals surface area contributed by atoms with Crippen molar-refractivity contribution in [3.8, 4) is 12.3 Å². The standard InChI is InChI=1S/C14H16O/c1-5-6-7-13(15)14-11(3)8-10(2)9-12(14)4/h1,8-9H,6-7H2,2-4H3.